The van der Waals surface area contributed by atoms with Gasteiger partial charge >= 0.3 is 5.97 Å². The maximum Gasteiger partial charge on any atom is 0.306 e. The monoisotopic (exact) mass is 363 g/mol. The van der Waals surface area contributed by atoms with Crippen molar-refractivity contribution in [3.63, 3.8) is 0 Å². The first-order chi connectivity index (χ1) is 11.5. The minimum atomic E-state index is -0.716. The number of allylic oxidation sites excluding steroid dienone is 4. The first kappa shape index (κ1) is 15.5. The summed E-state index contributed by atoms with van der Waals surface area (Å²) in [5.74, 6) is -0.181. The summed E-state index contributed by atoms with van der Waals surface area (Å²) in [6, 6.07) is 3.60. The van der Waals surface area contributed by atoms with E-state index in [0.29, 0.717) is 36.0 Å². The normalized spacial score (nSPS) is 17.9. The Labute approximate surface area is 148 Å². The Morgan fingerprint density at radius 2 is 1.88 bits per heavy atom. The third-order valence-electron chi connectivity index (χ3n) is 4.60. The number of hydrogen-bond donors (Lipinski definition) is 1. The number of imidazole rings is 1. The van der Waals surface area contributed by atoms with E-state index in [1.807, 2.05) is 24.3 Å². The summed E-state index contributed by atoms with van der Waals surface area (Å²) >= 11 is 12.3. The molecule has 0 bridgehead atoms. The van der Waals surface area contributed by atoms with Gasteiger partial charge in [-0.2, -0.15) is 0 Å². The SMILES string of the molecule is O=C(O)C1CCN(c2nc3cc(Cl)c(Cl)cc3n2C2=CC=C2)CC1. The molecular weight excluding hydrogens is 349 g/mol. The second-order valence-corrected chi connectivity index (χ2v) is 6.87. The second-order valence-electron chi connectivity index (χ2n) is 6.05. The van der Waals surface area contributed by atoms with Crippen molar-refractivity contribution in [2.75, 3.05) is 18.0 Å². The molecule has 1 aliphatic carbocycles. The zero-order valence-corrected chi connectivity index (χ0v) is 14.3. The predicted octanol–water partition coefficient (Wildman–Crippen LogP) is 4.05. The fourth-order valence-corrected chi connectivity index (χ4v) is 3.50. The number of hydrogen-bond acceptors (Lipinski definition) is 3. The molecule has 0 amide bonds. The Kier molecular flexibility index (Phi) is 3.77. The average molecular weight is 364 g/mol. The molecule has 24 heavy (non-hydrogen) atoms. The van der Waals surface area contributed by atoms with Gasteiger partial charge in [-0.25, -0.2) is 4.98 Å². The van der Waals surface area contributed by atoms with Crippen molar-refractivity contribution in [3.05, 3.63) is 40.4 Å². The fraction of sp³-hybridized carbons (Fsp3) is 0.294. The summed E-state index contributed by atoms with van der Waals surface area (Å²) in [4.78, 5) is 18.0. The third kappa shape index (κ3) is 2.48. The van der Waals surface area contributed by atoms with Crippen LogP contribution in [0.1, 0.15) is 12.8 Å². The van der Waals surface area contributed by atoms with Gasteiger partial charge in [-0.15, -0.1) is 0 Å². The highest BCUT2D eigenvalue weighted by molar-refractivity contribution is 6.42. The van der Waals surface area contributed by atoms with Crippen LogP contribution in [0.2, 0.25) is 10.0 Å². The van der Waals surface area contributed by atoms with Crippen LogP contribution in [0.5, 0.6) is 0 Å². The largest absolute Gasteiger partial charge is 0.481 e. The molecule has 0 unspecified atom stereocenters. The lowest BCUT2D eigenvalue weighted by atomic mass is 9.97. The smallest absolute Gasteiger partial charge is 0.306 e. The number of carboxylic acid groups (broad SMARTS) is 1. The van der Waals surface area contributed by atoms with Crippen molar-refractivity contribution >= 4 is 51.8 Å². The maximum atomic E-state index is 11.2. The molecule has 0 radical (unpaired) electrons. The van der Waals surface area contributed by atoms with Gasteiger partial charge in [0.05, 0.1) is 27.0 Å². The summed E-state index contributed by atoms with van der Waals surface area (Å²) in [5, 5.41) is 10.1. The van der Waals surface area contributed by atoms with Crippen LogP contribution in [-0.4, -0.2) is 33.7 Å². The van der Waals surface area contributed by atoms with Crippen LogP contribution in [0.25, 0.3) is 16.7 Å². The predicted molar refractivity (Wildman–Crippen MR) is 95.7 cm³/mol. The summed E-state index contributed by atoms with van der Waals surface area (Å²) in [6.45, 7) is 1.33. The lowest BCUT2D eigenvalue weighted by molar-refractivity contribution is -0.142. The van der Waals surface area contributed by atoms with E-state index in [0.717, 1.165) is 22.7 Å². The van der Waals surface area contributed by atoms with Crippen LogP contribution < -0.4 is 4.90 Å². The second kappa shape index (κ2) is 5.83. The molecule has 0 atom stereocenters. The van der Waals surface area contributed by atoms with E-state index in [4.69, 9.17) is 28.2 Å². The zero-order chi connectivity index (χ0) is 16.8. The number of aliphatic carboxylic acids is 1. The molecule has 124 valence electrons. The fourth-order valence-electron chi connectivity index (χ4n) is 3.18. The number of halogens is 2. The minimum absolute atomic E-state index is 0.272. The molecule has 7 heteroatoms. The molecule has 1 aliphatic heterocycles. The maximum absolute atomic E-state index is 11.2. The Morgan fingerprint density at radius 3 is 2.46 bits per heavy atom. The van der Waals surface area contributed by atoms with Gasteiger partial charge in [0.2, 0.25) is 5.95 Å². The molecule has 2 aliphatic rings. The average Bonchev–Trinajstić information content (AvgIpc) is 2.85. The Bertz CT molecular complexity index is 893. The van der Waals surface area contributed by atoms with Crippen molar-refractivity contribution in [1.29, 1.82) is 0 Å². The number of anilines is 1. The zero-order valence-electron chi connectivity index (χ0n) is 12.7. The van der Waals surface area contributed by atoms with Gasteiger partial charge in [0.15, 0.2) is 0 Å². The van der Waals surface area contributed by atoms with E-state index in [1.54, 1.807) is 6.07 Å². The standard InChI is InChI=1S/C17H15Cl2N3O2/c18-12-8-14-15(9-13(12)19)22(11-2-1-3-11)17(20-14)21-6-4-10(5-7-21)16(23)24/h1-3,8-10H,4-7H2,(H,23,24). The summed E-state index contributed by atoms with van der Waals surface area (Å²) in [7, 11) is 0. The molecule has 1 aromatic heterocycles. The Morgan fingerprint density at radius 1 is 1.21 bits per heavy atom. The highest BCUT2D eigenvalue weighted by atomic mass is 35.5. The summed E-state index contributed by atoms with van der Waals surface area (Å²) in [5.41, 5.74) is 2.71. The molecule has 2 aromatic rings. The Balaban J connectivity index is 1.76. The van der Waals surface area contributed by atoms with Gasteiger partial charge in [-0.3, -0.25) is 9.36 Å². The number of nitrogens with zero attached hydrogens (tertiary/aromatic N) is 3. The van der Waals surface area contributed by atoms with E-state index in [-0.39, 0.29) is 5.92 Å². The lowest BCUT2D eigenvalue weighted by Crippen LogP contribution is -2.37. The molecule has 1 fully saturated rings. The quantitative estimate of drug-likeness (QED) is 0.893. The first-order valence-corrected chi connectivity index (χ1v) is 8.54. The van der Waals surface area contributed by atoms with Crippen molar-refractivity contribution < 1.29 is 9.90 Å². The van der Waals surface area contributed by atoms with E-state index >= 15 is 0 Å². The molecule has 1 N–H and O–H groups in total. The third-order valence-corrected chi connectivity index (χ3v) is 5.32. The first-order valence-electron chi connectivity index (χ1n) is 7.78. The van der Waals surface area contributed by atoms with Crippen molar-refractivity contribution in [2.45, 2.75) is 12.8 Å². The molecule has 4 rings (SSSR count). The van der Waals surface area contributed by atoms with Gasteiger partial charge in [-0.05, 0) is 37.1 Å². The molecule has 1 saturated heterocycles. The van der Waals surface area contributed by atoms with Gasteiger partial charge < -0.3 is 10.0 Å². The Hall–Kier alpha value is -1.98. The number of rotatable bonds is 3. The summed E-state index contributed by atoms with van der Waals surface area (Å²) in [6.07, 6.45) is 7.23. The van der Waals surface area contributed by atoms with Crippen LogP contribution >= 0.6 is 23.2 Å². The molecule has 0 spiro atoms. The van der Waals surface area contributed by atoms with Crippen molar-refractivity contribution in [3.8, 4) is 0 Å². The number of benzene rings is 1. The van der Waals surface area contributed by atoms with Gasteiger partial charge in [-0.1, -0.05) is 29.3 Å². The van der Waals surface area contributed by atoms with Crippen LogP contribution in [-0.2, 0) is 4.79 Å². The number of fused-ring (bicyclic) bond motifs is 1. The van der Waals surface area contributed by atoms with Crippen LogP contribution in [0, 0.1) is 5.92 Å². The summed E-state index contributed by atoms with van der Waals surface area (Å²) < 4.78 is 2.05. The molecule has 5 nitrogen and oxygen atoms in total. The number of aromatic nitrogens is 2. The number of piperidine rings is 1. The molecule has 2 heterocycles. The van der Waals surface area contributed by atoms with Gasteiger partial charge in [0.1, 0.15) is 0 Å². The number of carbonyl (C=O) groups is 1. The van der Waals surface area contributed by atoms with Crippen molar-refractivity contribution in [1.82, 2.24) is 9.55 Å². The van der Waals surface area contributed by atoms with Crippen LogP contribution in [0.4, 0.5) is 5.95 Å². The van der Waals surface area contributed by atoms with E-state index in [1.165, 1.54) is 0 Å². The highest BCUT2D eigenvalue weighted by Gasteiger charge is 2.28. The highest BCUT2D eigenvalue weighted by Crippen LogP contribution is 2.35. The number of carboxylic acids is 1. The topological polar surface area (TPSA) is 58.4 Å². The van der Waals surface area contributed by atoms with E-state index in [9.17, 15) is 9.90 Å². The molecule has 0 saturated carbocycles. The molecular formula is C17H15Cl2N3O2. The van der Waals surface area contributed by atoms with Gasteiger partial charge in [0.25, 0.3) is 0 Å². The van der Waals surface area contributed by atoms with Crippen LogP contribution in [0.15, 0.2) is 30.4 Å². The van der Waals surface area contributed by atoms with Crippen LogP contribution in [0.3, 0.4) is 0 Å². The van der Waals surface area contributed by atoms with E-state index in [2.05, 4.69) is 9.47 Å². The van der Waals surface area contributed by atoms with E-state index < -0.39 is 5.97 Å². The lowest BCUT2D eigenvalue weighted by Gasteiger charge is -2.31. The van der Waals surface area contributed by atoms with Crippen molar-refractivity contribution in [2.24, 2.45) is 5.92 Å². The van der Waals surface area contributed by atoms with Gasteiger partial charge in [0, 0.05) is 18.8 Å². The molecule has 1 aromatic carbocycles. The minimum Gasteiger partial charge on any atom is -0.481 e.